The van der Waals surface area contributed by atoms with Gasteiger partial charge in [0.2, 0.25) is 0 Å². The van der Waals surface area contributed by atoms with E-state index in [0.29, 0.717) is 8.14 Å². The first-order valence-electron chi connectivity index (χ1n) is 7.96. The van der Waals surface area contributed by atoms with E-state index in [4.69, 9.17) is 4.42 Å². The summed E-state index contributed by atoms with van der Waals surface area (Å²) in [6.45, 7) is 0. The molecule has 0 aliphatic carbocycles. The molecule has 0 radical (unpaired) electrons. The summed E-state index contributed by atoms with van der Waals surface area (Å²) in [7, 11) is 0. The monoisotopic (exact) mass is 495 g/mol. The standard InChI is InChI=1S/C20H9F3INO3/c21-11-2-4-13(15(22)8-11)10-1-6-18-14(7-10)19(26)25(20(27)28-18)17-5-3-12(24)9-16(17)23/h1-9H. The molecule has 4 nitrogen and oxygen atoms in total. The van der Waals surface area contributed by atoms with Crippen LogP contribution >= 0.6 is 22.6 Å². The fraction of sp³-hybridized carbons (Fsp3) is 0. The van der Waals surface area contributed by atoms with Crippen molar-refractivity contribution in [1.82, 2.24) is 4.57 Å². The van der Waals surface area contributed by atoms with Crippen LogP contribution in [-0.4, -0.2) is 4.57 Å². The molecule has 0 amide bonds. The van der Waals surface area contributed by atoms with Gasteiger partial charge in [-0.15, -0.1) is 0 Å². The smallest absolute Gasteiger partial charge is 0.409 e. The second-order valence-electron chi connectivity index (χ2n) is 5.94. The highest BCUT2D eigenvalue weighted by Crippen LogP contribution is 2.26. The zero-order valence-electron chi connectivity index (χ0n) is 13.9. The molecule has 0 fully saturated rings. The largest absolute Gasteiger partial charge is 0.427 e. The number of halogens is 4. The fourth-order valence-corrected chi connectivity index (χ4v) is 3.34. The van der Waals surface area contributed by atoms with E-state index in [1.54, 1.807) is 6.07 Å². The zero-order chi connectivity index (χ0) is 20.0. The maximum absolute atomic E-state index is 14.3. The molecule has 0 atom stereocenters. The van der Waals surface area contributed by atoms with Gasteiger partial charge >= 0.3 is 5.76 Å². The second kappa shape index (κ2) is 6.93. The number of fused-ring (bicyclic) bond motifs is 1. The van der Waals surface area contributed by atoms with E-state index >= 15 is 0 Å². The predicted octanol–water partition coefficient (Wildman–Crippen LogP) is 4.63. The number of rotatable bonds is 2. The van der Waals surface area contributed by atoms with Gasteiger partial charge in [0.15, 0.2) is 0 Å². The third kappa shape index (κ3) is 3.13. The van der Waals surface area contributed by atoms with Crippen LogP contribution in [0, 0.1) is 21.0 Å². The van der Waals surface area contributed by atoms with Gasteiger partial charge in [-0.3, -0.25) is 4.79 Å². The third-order valence-electron chi connectivity index (χ3n) is 4.19. The Morgan fingerprint density at radius 2 is 1.64 bits per heavy atom. The van der Waals surface area contributed by atoms with Gasteiger partial charge in [0.25, 0.3) is 5.56 Å². The molecule has 0 aliphatic rings. The van der Waals surface area contributed by atoms with Crippen LogP contribution < -0.4 is 11.3 Å². The summed E-state index contributed by atoms with van der Waals surface area (Å²) in [5.41, 5.74) is -0.731. The van der Waals surface area contributed by atoms with Crippen LogP contribution in [0.2, 0.25) is 0 Å². The van der Waals surface area contributed by atoms with Crippen LogP contribution in [0.15, 0.2) is 68.6 Å². The van der Waals surface area contributed by atoms with Crippen molar-refractivity contribution in [3.63, 3.8) is 0 Å². The molecule has 4 aromatic rings. The minimum absolute atomic E-state index is 0.0246. The van der Waals surface area contributed by atoms with Gasteiger partial charge in [0, 0.05) is 15.2 Å². The fourth-order valence-electron chi connectivity index (χ4n) is 2.89. The molecule has 1 heterocycles. The van der Waals surface area contributed by atoms with Crippen molar-refractivity contribution in [3.8, 4) is 16.8 Å². The number of nitrogens with zero attached hydrogens (tertiary/aromatic N) is 1. The van der Waals surface area contributed by atoms with E-state index in [-0.39, 0.29) is 27.8 Å². The molecule has 0 bridgehead atoms. The minimum atomic E-state index is -1.04. The second-order valence-corrected chi connectivity index (χ2v) is 7.19. The number of hydrogen-bond acceptors (Lipinski definition) is 3. The summed E-state index contributed by atoms with van der Waals surface area (Å²) in [5.74, 6) is -3.34. The van der Waals surface area contributed by atoms with Crippen LogP contribution in [0.5, 0.6) is 0 Å². The number of benzene rings is 3. The van der Waals surface area contributed by atoms with Gasteiger partial charge in [-0.1, -0.05) is 6.07 Å². The van der Waals surface area contributed by atoms with Gasteiger partial charge in [-0.2, -0.15) is 0 Å². The first kappa shape index (κ1) is 18.5. The van der Waals surface area contributed by atoms with Crippen molar-refractivity contribution in [2.24, 2.45) is 0 Å². The molecule has 0 saturated carbocycles. The molecule has 0 saturated heterocycles. The lowest BCUT2D eigenvalue weighted by atomic mass is 10.0. The molecule has 0 aliphatic heterocycles. The highest BCUT2D eigenvalue weighted by Gasteiger charge is 2.16. The van der Waals surface area contributed by atoms with Gasteiger partial charge in [0.1, 0.15) is 23.0 Å². The van der Waals surface area contributed by atoms with Crippen LogP contribution in [0.1, 0.15) is 0 Å². The molecule has 3 aromatic carbocycles. The lowest BCUT2D eigenvalue weighted by Crippen LogP contribution is -2.31. The first-order chi connectivity index (χ1) is 13.3. The van der Waals surface area contributed by atoms with Gasteiger partial charge in [-0.25, -0.2) is 22.5 Å². The van der Waals surface area contributed by atoms with E-state index < -0.39 is 28.8 Å². The molecule has 4 rings (SSSR count). The number of aromatic nitrogens is 1. The van der Waals surface area contributed by atoms with Gasteiger partial charge < -0.3 is 4.42 Å². The van der Waals surface area contributed by atoms with Crippen molar-refractivity contribution < 1.29 is 17.6 Å². The van der Waals surface area contributed by atoms with E-state index in [2.05, 4.69) is 0 Å². The molecule has 0 unspecified atom stereocenters. The molecule has 0 spiro atoms. The topological polar surface area (TPSA) is 52.2 Å². The Hall–Kier alpha value is -2.88. The maximum Gasteiger partial charge on any atom is 0.427 e. The van der Waals surface area contributed by atoms with Crippen molar-refractivity contribution in [1.29, 1.82) is 0 Å². The normalized spacial score (nSPS) is 11.1. The summed E-state index contributed by atoms with van der Waals surface area (Å²) in [5, 5.41) is -0.0428. The molecule has 1 aromatic heterocycles. The van der Waals surface area contributed by atoms with E-state index in [1.807, 2.05) is 22.6 Å². The Kier molecular flexibility index (Phi) is 4.58. The Labute approximate surface area is 169 Å². The van der Waals surface area contributed by atoms with E-state index in [1.165, 1.54) is 36.4 Å². The van der Waals surface area contributed by atoms with E-state index in [0.717, 1.165) is 12.1 Å². The van der Waals surface area contributed by atoms with Crippen molar-refractivity contribution in [3.05, 3.63) is 96.5 Å². The quantitative estimate of drug-likeness (QED) is 0.381. The lowest BCUT2D eigenvalue weighted by Gasteiger charge is -2.08. The average Bonchev–Trinajstić information content (AvgIpc) is 2.63. The van der Waals surface area contributed by atoms with Crippen molar-refractivity contribution in [2.45, 2.75) is 0 Å². The van der Waals surface area contributed by atoms with Gasteiger partial charge in [-0.05, 0) is 70.6 Å². The van der Waals surface area contributed by atoms with Crippen LogP contribution in [-0.2, 0) is 0 Å². The lowest BCUT2D eigenvalue weighted by molar-refractivity contribution is 0.496. The zero-order valence-corrected chi connectivity index (χ0v) is 16.0. The van der Waals surface area contributed by atoms with Gasteiger partial charge in [0.05, 0.1) is 11.1 Å². The summed E-state index contributed by atoms with van der Waals surface area (Å²) in [6.07, 6.45) is 0. The molecular formula is C20H9F3INO3. The van der Waals surface area contributed by atoms with Crippen LogP contribution in [0.3, 0.4) is 0 Å². The molecular weight excluding hydrogens is 486 g/mol. The molecule has 8 heteroatoms. The highest BCUT2D eigenvalue weighted by molar-refractivity contribution is 14.1. The molecule has 28 heavy (non-hydrogen) atoms. The maximum atomic E-state index is 14.3. The van der Waals surface area contributed by atoms with Crippen LogP contribution in [0.4, 0.5) is 13.2 Å². The number of hydrogen-bond donors (Lipinski definition) is 0. The third-order valence-corrected chi connectivity index (χ3v) is 4.86. The first-order valence-corrected chi connectivity index (χ1v) is 9.04. The Balaban J connectivity index is 1.99. The summed E-state index contributed by atoms with van der Waals surface area (Å²) >= 11 is 1.90. The molecule has 140 valence electrons. The Morgan fingerprint density at radius 3 is 2.36 bits per heavy atom. The predicted molar refractivity (Wildman–Crippen MR) is 106 cm³/mol. The average molecular weight is 495 g/mol. The Bertz CT molecular complexity index is 1360. The summed E-state index contributed by atoms with van der Waals surface area (Å²) in [6, 6.07) is 11.2. The minimum Gasteiger partial charge on any atom is -0.409 e. The van der Waals surface area contributed by atoms with Crippen molar-refractivity contribution >= 4 is 33.6 Å². The van der Waals surface area contributed by atoms with E-state index in [9.17, 15) is 22.8 Å². The SMILES string of the molecule is O=c1oc2ccc(-c3ccc(F)cc3F)cc2c(=O)n1-c1ccc(I)cc1F. The summed E-state index contributed by atoms with van der Waals surface area (Å²) in [4.78, 5) is 25.2. The highest BCUT2D eigenvalue weighted by atomic mass is 127. The Morgan fingerprint density at radius 1 is 0.857 bits per heavy atom. The summed E-state index contributed by atoms with van der Waals surface area (Å²) < 4.78 is 47.9. The van der Waals surface area contributed by atoms with Crippen molar-refractivity contribution in [2.75, 3.05) is 0 Å². The molecule has 0 N–H and O–H groups in total. The van der Waals surface area contributed by atoms with Crippen LogP contribution in [0.25, 0.3) is 27.8 Å².